The number of hydrogen-bond acceptors (Lipinski definition) is 7. The van der Waals surface area contributed by atoms with Crippen LogP contribution in [0, 0.1) is 0 Å². The van der Waals surface area contributed by atoms with Crippen molar-refractivity contribution in [2.45, 2.75) is 34.7 Å². The topological polar surface area (TPSA) is 68.3 Å². The lowest BCUT2D eigenvalue weighted by atomic mass is 10.2. The highest BCUT2D eigenvalue weighted by Gasteiger charge is 2.26. The molecule has 1 amide bonds. The Kier molecular flexibility index (Phi) is 8.60. The van der Waals surface area contributed by atoms with Crippen LogP contribution < -0.4 is 5.32 Å². The van der Waals surface area contributed by atoms with Gasteiger partial charge in [-0.1, -0.05) is 61.2 Å². The van der Waals surface area contributed by atoms with E-state index in [2.05, 4.69) is 10.3 Å². The fourth-order valence-corrected chi connectivity index (χ4v) is 6.03. The SMILES string of the molecule is CCC(Sc1nc2ccccc2s1)C(=O)NC(CSCc1ccccc1)C(=O)OC. The molecule has 0 radical (unpaired) electrons. The molecule has 0 aliphatic rings. The number of ether oxygens (including phenoxy) is 1. The number of nitrogens with zero attached hydrogens (tertiary/aromatic N) is 1. The molecule has 158 valence electrons. The van der Waals surface area contributed by atoms with Crippen LogP contribution >= 0.6 is 34.9 Å². The van der Waals surface area contributed by atoms with Gasteiger partial charge in [0, 0.05) is 11.5 Å². The fraction of sp³-hybridized carbons (Fsp3) is 0.318. The molecule has 1 N–H and O–H groups in total. The zero-order valence-electron chi connectivity index (χ0n) is 16.9. The molecular weight excluding hydrogens is 436 g/mol. The molecule has 0 fully saturated rings. The molecule has 2 atom stereocenters. The van der Waals surface area contributed by atoms with Gasteiger partial charge in [-0.15, -0.1) is 11.3 Å². The molecule has 0 saturated heterocycles. The quantitative estimate of drug-likeness (QED) is 0.348. The molecule has 0 spiro atoms. The van der Waals surface area contributed by atoms with E-state index >= 15 is 0 Å². The van der Waals surface area contributed by atoms with Gasteiger partial charge in [-0.05, 0) is 24.1 Å². The van der Waals surface area contributed by atoms with Gasteiger partial charge in [0.1, 0.15) is 6.04 Å². The number of esters is 1. The fourth-order valence-electron chi connectivity index (χ4n) is 2.79. The van der Waals surface area contributed by atoms with Crippen molar-refractivity contribution in [2.75, 3.05) is 12.9 Å². The molecule has 3 rings (SSSR count). The molecule has 3 aromatic rings. The number of methoxy groups -OCH3 is 1. The average Bonchev–Trinajstić information content (AvgIpc) is 3.19. The summed E-state index contributed by atoms with van der Waals surface area (Å²) in [5.74, 6) is 0.624. The first-order valence-corrected chi connectivity index (χ1v) is 12.5. The van der Waals surface area contributed by atoms with Crippen molar-refractivity contribution in [3.63, 3.8) is 0 Å². The minimum absolute atomic E-state index is 0.169. The van der Waals surface area contributed by atoms with Gasteiger partial charge in [-0.25, -0.2) is 9.78 Å². The summed E-state index contributed by atoms with van der Waals surface area (Å²) in [5.41, 5.74) is 2.11. The van der Waals surface area contributed by atoms with Gasteiger partial charge in [0.25, 0.3) is 0 Å². The highest BCUT2D eigenvalue weighted by molar-refractivity contribution is 8.02. The molecule has 0 aliphatic heterocycles. The van der Waals surface area contributed by atoms with Gasteiger partial charge in [0.15, 0.2) is 4.34 Å². The highest BCUT2D eigenvalue weighted by Crippen LogP contribution is 2.33. The Bertz CT molecular complexity index is 945. The number of hydrogen-bond donors (Lipinski definition) is 1. The summed E-state index contributed by atoms with van der Waals surface area (Å²) in [7, 11) is 1.34. The van der Waals surface area contributed by atoms with Gasteiger partial charge in [0.2, 0.25) is 5.91 Å². The van der Waals surface area contributed by atoms with E-state index in [1.54, 1.807) is 23.1 Å². The molecule has 2 aromatic carbocycles. The van der Waals surface area contributed by atoms with Gasteiger partial charge >= 0.3 is 5.97 Å². The molecule has 1 aromatic heterocycles. The highest BCUT2D eigenvalue weighted by atomic mass is 32.2. The maximum atomic E-state index is 12.9. The summed E-state index contributed by atoms with van der Waals surface area (Å²) in [6.07, 6.45) is 0.636. The van der Waals surface area contributed by atoms with Crippen molar-refractivity contribution in [2.24, 2.45) is 0 Å². The number of carbonyl (C=O) groups is 2. The summed E-state index contributed by atoms with van der Waals surface area (Å²) in [4.78, 5) is 29.7. The van der Waals surface area contributed by atoms with Crippen molar-refractivity contribution in [1.82, 2.24) is 10.3 Å². The third-order valence-electron chi connectivity index (χ3n) is 4.38. The summed E-state index contributed by atoms with van der Waals surface area (Å²) < 4.78 is 6.85. The van der Waals surface area contributed by atoms with Crippen LogP contribution in [0.5, 0.6) is 0 Å². The monoisotopic (exact) mass is 460 g/mol. The minimum Gasteiger partial charge on any atom is -0.467 e. The number of thioether (sulfide) groups is 2. The van der Waals surface area contributed by atoms with Crippen LogP contribution in [0.1, 0.15) is 18.9 Å². The lowest BCUT2D eigenvalue weighted by Gasteiger charge is -2.19. The maximum absolute atomic E-state index is 12.9. The normalized spacial score (nSPS) is 13.0. The largest absolute Gasteiger partial charge is 0.467 e. The van der Waals surface area contributed by atoms with Crippen molar-refractivity contribution < 1.29 is 14.3 Å². The standard InChI is InChI=1S/C22H24N2O3S3/c1-3-18(29-22-24-16-11-7-8-12-19(16)30-22)20(25)23-17(21(26)27-2)14-28-13-15-9-5-4-6-10-15/h4-12,17-18H,3,13-14H2,1-2H3,(H,23,25). The molecule has 8 heteroatoms. The summed E-state index contributed by atoms with van der Waals surface area (Å²) in [6.45, 7) is 1.96. The third-order valence-corrected chi connectivity index (χ3v) is 7.98. The second kappa shape index (κ2) is 11.4. The van der Waals surface area contributed by atoms with E-state index in [9.17, 15) is 9.59 Å². The Balaban J connectivity index is 1.60. The van der Waals surface area contributed by atoms with Crippen LogP contribution in [0.4, 0.5) is 0 Å². The number of amides is 1. The second-order valence-electron chi connectivity index (χ2n) is 6.55. The van der Waals surface area contributed by atoms with E-state index in [0.717, 1.165) is 20.3 Å². The molecule has 0 aliphatic carbocycles. The van der Waals surface area contributed by atoms with Crippen LogP contribution in [0.2, 0.25) is 0 Å². The molecule has 2 unspecified atom stereocenters. The predicted molar refractivity (Wildman–Crippen MR) is 126 cm³/mol. The number of aromatic nitrogens is 1. The van der Waals surface area contributed by atoms with E-state index < -0.39 is 12.0 Å². The number of fused-ring (bicyclic) bond motifs is 1. The lowest BCUT2D eigenvalue weighted by molar-refractivity contribution is -0.144. The first-order valence-electron chi connectivity index (χ1n) is 9.62. The molecule has 30 heavy (non-hydrogen) atoms. The number of thiazole rings is 1. The number of para-hydroxylation sites is 1. The zero-order valence-corrected chi connectivity index (χ0v) is 19.3. The average molecular weight is 461 g/mol. The molecule has 0 bridgehead atoms. The lowest BCUT2D eigenvalue weighted by Crippen LogP contribution is -2.46. The van der Waals surface area contributed by atoms with Gasteiger partial charge in [-0.2, -0.15) is 11.8 Å². The Morgan fingerprint density at radius 3 is 2.57 bits per heavy atom. The summed E-state index contributed by atoms with van der Waals surface area (Å²) in [5, 5.41) is 2.56. The summed E-state index contributed by atoms with van der Waals surface area (Å²) >= 11 is 4.61. The predicted octanol–water partition coefficient (Wildman–Crippen LogP) is 4.76. The molecule has 0 saturated carbocycles. The van der Waals surface area contributed by atoms with Gasteiger partial charge in [0.05, 0.1) is 22.6 Å². The number of nitrogens with one attached hydrogen (secondary N) is 1. The van der Waals surface area contributed by atoms with Crippen molar-refractivity contribution in [3.05, 3.63) is 60.2 Å². The van der Waals surface area contributed by atoms with E-state index in [0.29, 0.717) is 12.2 Å². The van der Waals surface area contributed by atoms with E-state index in [1.807, 2.05) is 61.5 Å². The van der Waals surface area contributed by atoms with E-state index in [4.69, 9.17) is 4.74 Å². The minimum atomic E-state index is -0.679. The van der Waals surface area contributed by atoms with E-state index in [-0.39, 0.29) is 11.2 Å². The van der Waals surface area contributed by atoms with Gasteiger partial charge < -0.3 is 10.1 Å². The Morgan fingerprint density at radius 2 is 1.87 bits per heavy atom. The van der Waals surface area contributed by atoms with Crippen LogP contribution in [-0.2, 0) is 20.1 Å². The first-order chi connectivity index (χ1) is 14.6. The Labute approximate surface area is 189 Å². The zero-order chi connectivity index (χ0) is 21.3. The second-order valence-corrected chi connectivity index (χ2v) is 10.1. The Hall–Kier alpha value is -2.03. The van der Waals surface area contributed by atoms with Crippen LogP contribution in [0.25, 0.3) is 10.2 Å². The van der Waals surface area contributed by atoms with Crippen LogP contribution in [0.15, 0.2) is 58.9 Å². The maximum Gasteiger partial charge on any atom is 0.329 e. The van der Waals surface area contributed by atoms with Crippen molar-refractivity contribution in [1.29, 1.82) is 0 Å². The smallest absolute Gasteiger partial charge is 0.329 e. The third kappa shape index (κ3) is 6.23. The number of carbonyl (C=O) groups excluding carboxylic acids is 2. The van der Waals surface area contributed by atoms with Crippen molar-refractivity contribution >= 4 is 57.0 Å². The number of benzene rings is 2. The van der Waals surface area contributed by atoms with Crippen molar-refractivity contribution in [3.8, 4) is 0 Å². The summed E-state index contributed by atoms with van der Waals surface area (Å²) in [6, 6.07) is 17.3. The first kappa shape index (κ1) is 22.7. The van der Waals surface area contributed by atoms with Crippen LogP contribution in [-0.4, -0.2) is 41.0 Å². The van der Waals surface area contributed by atoms with Gasteiger partial charge in [-0.3, -0.25) is 4.79 Å². The molecule has 5 nitrogen and oxygen atoms in total. The Morgan fingerprint density at radius 1 is 1.13 bits per heavy atom. The van der Waals surface area contributed by atoms with Crippen LogP contribution in [0.3, 0.4) is 0 Å². The van der Waals surface area contributed by atoms with E-state index in [1.165, 1.54) is 24.4 Å². The molecule has 1 heterocycles. The number of rotatable bonds is 10. The molecular formula is C22H24N2O3S3.